The Hall–Kier alpha value is -1.73. The van der Waals surface area contributed by atoms with E-state index in [0.717, 1.165) is 36.6 Å². The lowest BCUT2D eigenvalue weighted by Gasteiger charge is -2.30. The molecule has 7 heteroatoms. The third-order valence-electron chi connectivity index (χ3n) is 5.94. The fourth-order valence-corrected chi connectivity index (χ4v) is 3.53. The predicted octanol–water partition coefficient (Wildman–Crippen LogP) is 1.86. The van der Waals surface area contributed by atoms with Crippen LogP contribution in [0.3, 0.4) is 0 Å². The van der Waals surface area contributed by atoms with Crippen LogP contribution in [0, 0.1) is 13.8 Å². The molecule has 2 heterocycles. The second kappa shape index (κ2) is 8.52. The molecule has 0 spiro atoms. The molecule has 7 nitrogen and oxygen atoms in total. The maximum atomic E-state index is 12.9. The molecule has 1 amide bonds. The van der Waals surface area contributed by atoms with E-state index in [4.69, 9.17) is 0 Å². The minimum Gasteiger partial charge on any atom is -0.388 e. The van der Waals surface area contributed by atoms with Crippen molar-refractivity contribution in [1.29, 1.82) is 0 Å². The predicted molar refractivity (Wildman–Crippen MR) is 108 cm³/mol. The zero-order valence-corrected chi connectivity index (χ0v) is 17.9. The highest BCUT2D eigenvalue weighted by Gasteiger charge is 2.30. The van der Waals surface area contributed by atoms with Crippen LogP contribution in [-0.2, 0) is 0 Å². The number of carbonyl (C=O) groups excluding carboxylic acids is 1. The van der Waals surface area contributed by atoms with Crippen LogP contribution < -0.4 is 4.90 Å². The number of likely N-dealkylation sites (N-methyl/N-ethyl adjacent to an activating group) is 2. The van der Waals surface area contributed by atoms with Gasteiger partial charge in [-0.05, 0) is 47.2 Å². The van der Waals surface area contributed by atoms with Gasteiger partial charge in [-0.2, -0.15) is 0 Å². The van der Waals surface area contributed by atoms with Gasteiger partial charge in [0, 0.05) is 44.0 Å². The molecular formula is C20H35N5O2. The Balaban J connectivity index is 2.26. The number of hydrogen-bond acceptors (Lipinski definition) is 6. The van der Waals surface area contributed by atoms with E-state index >= 15 is 0 Å². The molecule has 1 aliphatic heterocycles. The lowest BCUT2D eigenvalue weighted by atomic mass is 9.97. The molecule has 0 radical (unpaired) electrons. The molecule has 2 rings (SSSR count). The topological polar surface area (TPSA) is 72.8 Å². The van der Waals surface area contributed by atoms with Crippen molar-refractivity contribution in [2.45, 2.75) is 58.6 Å². The van der Waals surface area contributed by atoms with E-state index in [2.05, 4.69) is 33.9 Å². The first-order valence-corrected chi connectivity index (χ1v) is 9.86. The molecule has 1 fully saturated rings. The molecule has 1 aromatic heterocycles. The first-order valence-electron chi connectivity index (χ1n) is 9.86. The standard InChI is InChI=1S/C20H35N5O2/c1-8-20(27,9-2)13-24(7)19(26)17-21-15(4)14(3)18(22-17)25-11-10-16(12-25)23(5)6/h16,27H,8-13H2,1-7H3/t16-/m1/s1. The minimum atomic E-state index is -0.874. The van der Waals surface area contributed by atoms with Crippen LogP contribution in [-0.4, -0.2) is 83.2 Å². The molecule has 1 N–H and O–H groups in total. The van der Waals surface area contributed by atoms with Gasteiger partial charge in [0.15, 0.2) is 0 Å². The van der Waals surface area contributed by atoms with Gasteiger partial charge in [0.25, 0.3) is 5.91 Å². The number of hydrogen-bond donors (Lipinski definition) is 1. The number of amides is 1. The summed E-state index contributed by atoms with van der Waals surface area (Å²) in [6, 6.07) is 0.491. The Bertz CT molecular complexity index is 673. The Morgan fingerprint density at radius 2 is 1.85 bits per heavy atom. The van der Waals surface area contributed by atoms with Crippen LogP contribution in [0.1, 0.15) is 55.0 Å². The highest BCUT2D eigenvalue weighted by atomic mass is 16.3. The maximum Gasteiger partial charge on any atom is 0.291 e. The van der Waals surface area contributed by atoms with E-state index in [1.807, 2.05) is 27.7 Å². The number of nitrogens with zero attached hydrogens (tertiary/aromatic N) is 5. The average Bonchev–Trinajstić information content (AvgIpc) is 3.13. The average molecular weight is 378 g/mol. The smallest absolute Gasteiger partial charge is 0.291 e. The largest absolute Gasteiger partial charge is 0.388 e. The molecule has 1 aromatic rings. The summed E-state index contributed by atoms with van der Waals surface area (Å²) >= 11 is 0. The van der Waals surface area contributed by atoms with Gasteiger partial charge >= 0.3 is 0 Å². The summed E-state index contributed by atoms with van der Waals surface area (Å²) in [5, 5.41) is 10.6. The highest BCUT2D eigenvalue weighted by Crippen LogP contribution is 2.25. The number of rotatable bonds is 7. The second-order valence-electron chi connectivity index (χ2n) is 8.03. The number of anilines is 1. The molecule has 0 saturated carbocycles. The third kappa shape index (κ3) is 4.76. The quantitative estimate of drug-likeness (QED) is 0.782. The minimum absolute atomic E-state index is 0.207. The molecule has 27 heavy (non-hydrogen) atoms. The van der Waals surface area contributed by atoms with Crippen molar-refractivity contribution in [2.75, 3.05) is 45.7 Å². The maximum absolute atomic E-state index is 12.9. The first kappa shape index (κ1) is 21.6. The van der Waals surface area contributed by atoms with Gasteiger partial charge in [-0.1, -0.05) is 13.8 Å². The normalized spacial score (nSPS) is 17.7. The highest BCUT2D eigenvalue weighted by molar-refractivity contribution is 5.91. The lowest BCUT2D eigenvalue weighted by molar-refractivity contribution is 0.00393. The van der Waals surface area contributed by atoms with Crippen LogP contribution in [0.5, 0.6) is 0 Å². The molecule has 0 aromatic carbocycles. The van der Waals surface area contributed by atoms with Crippen molar-refractivity contribution in [2.24, 2.45) is 0 Å². The van der Waals surface area contributed by atoms with Gasteiger partial charge in [0.05, 0.1) is 5.60 Å². The molecular weight excluding hydrogens is 342 g/mol. The van der Waals surface area contributed by atoms with E-state index in [-0.39, 0.29) is 18.3 Å². The van der Waals surface area contributed by atoms with E-state index in [0.29, 0.717) is 18.9 Å². The van der Waals surface area contributed by atoms with Crippen molar-refractivity contribution in [1.82, 2.24) is 19.8 Å². The molecule has 152 valence electrons. The van der Waals surface area contributed by atoms with Crippen molar-refractivity contribution >= 4 is 11.7 Å². The Kier molecular flexibility index (Phi) is 6.81. The second-order valence-corrected chi connectivity index (χ2v) is 8.03. The van der Waals surface area contributed by atoms with Gasteiger partial charge in [0.2, 0.25) is 5.82 Å². The summed E-state index contributed by atoms with van der Waals surface area (Å²) in [5.41, 5.74) is 0.972. The van der Waals surface area contributed by atoms with Crippen LogP contribution in [0.25, 0.3) is 0 Å². The zero-order valence-electron chi connectivity index (χ0n) is 17.9. The zero-order chi connectivity index (χ0) is 20.4. The molecule has 1 atom stereocenters. The van der Waals surface area contributed by atoms with Crippen LogP contribution in [0.4, 0.5) is 5.82 Å². The molecule has 0 unspecified atom stereocenters. The fourth-order valence-electron chi connectivity index (χ4n) is 3.53. The number of aryl methyl sites for hydroxylation is 1. The monoisotopic (exact) mass is 377 g/mol. The van der Waals surface area contributed by atoms with Gasteiger partial charge in [0.1, 0.15) is 5.82 Å². The lowest BCUT2D eigenvalue weighted by Crippen LogP contribution is -2.43. The number of aliphatic hydroxyl groups is 1. The van der Waals surface area contributed by atoms with Crippen LogP contribution >= 0.6 is 0 Å². The summed E-state index contributed by atoms with van der Waals surface area (Å²) in [6.45, 7) is 9.90. The van der Waals surface area contributed by atoms with Crippen LogP contribution in [0.2, 0.25) is 0 Å². The van der Waals surface area contributed by atoms with Crippen molar-refractivity contribution in [3.05, 3.63) is 17.1 Å². The third-order valence-corrected chi connectivity index (χ3v) is 5.94. The summed E-state index contributed by atoms with van der Waals surface area (Å²) in [4.78, 5) is 28.0. The van der Waals surface area contributed by atoms with E-state index in [1.165, 1.54) is 4.90 Å². The van der Waals surface area contributed by atoms with Crippen LogP contribution in [0.15, 0.2) is 0 Å². The van der Waals surface area contributed by atoms with Crippen molar-refractivity contribution in [3.63, 3.8) is 0 Å². The summed E-state index contributed by atoms with van der Waals surface area (Å²) in [7, 11) is 5.90. The molecule has 1 saturated heterocycles. The van der Waals surface area contributed by atoms with Gasteiger partial charge in [-0.15, -0.1) is 0 Å². The van der Waals surface area contributed by atoms with Crippen molar-refractivity contribution < 1.29 is 9.90 Å². The van der Waals surface area contributed by atoms with Crippen molar-refractivity contribution in [3.8, 4) is 0 Å². The SMILES string of the molecule is CCC(O)(CC)CN(C)C(=O)c1nc(C)c(C)c(N2CC[C@@H](N(C)C)C2)n1. The molecule has 0 aliphatic carbocycles. The Labute approximate surface area is 163 Å². The first-order chi connectivity index (χ1) is 12.6. The van der Waals surface area contributed by atoms with E-state index < -0.39 is 5.60 Å². The number of carbonyl (C=O) groups is 1. The summed E-state index contributed by atoms with van der Waals surface area (Å²) in [5.74, 6) is 0.811. The van der Waals surface area contributed by atoms with E-state index in [9.17, 15) is 9.90 Å². The Morgan fingerprint density at radius 3 is 2.37 bits per heavy atom. The van der Waals surface area contributed by atoms with Gasteiger partial charge in [-0.3, -0.25) is 4.79 Å². The van der Waals surface area contributed by atoms with E-state index in [1.54, 1.807) is 7.05 Å². The molecule has 1 aliphatic rings. The number of aromatic nitrogens is 2. The summed E-state index contributed by atoms with van der Waals surface area (Å²) in [6.07, 6.45) is 2.28. The molecule has 0 bridgehead atoms. The van der Waals surface area contributed by atoms with Gasteiger partial charge in [-0.25, -0.2) is 9.97 Å². The van der Waals surface area contributed by atoms with Gasteiger partial charge < -0.3 is 19.8 Å². The fraction of sp³-hybridized carbons (Fsp3) is 0.750. The Morgan fingerprint density at radius 1 is 1.22 bits per heavy atom. The summed E-state index contributed by atoms with van der Waals surface area (Å²) < 4.78 is 0.